The van der Waals surface area contributed by atoms with Crippen molar-refractivity contribution in [2.24, 2.45) is 0 Å². The van der Waals surface area contributed by atoms with Gasteiger partial charge in [0.1, 0.15) is 11.2 Å². The van der Waals surface area contributed by atoms with Gasteiger partial charge in [-0.3, -0.25) is 5.32 Å². The fourth-order valence-corrected chi connectivity index (χ4v) is 1.75. The molecule has 0 aromatic heterocycles. The largest absolute Gasteiger partial charge is 0.444 e. The highest BCUT2D eigenvalue weighted by Gasteiger charge is 2.26. The molecule has 0 spiro atoms. The molecule has 6 heteroatoms. The van der Waals surface area contributed by atoms with Gasteiger partial charge in [-0.1, -0.05) is 0 Å². The van der Waals surface area contributed by atoms with Crippen LogP contribution in [0.4, 0.5) is 9.59 Å². The number of rotatable bonds is 1. The molecule has 0 unspecified atom stereocenters. The van der Waals surface area contributed by atoms with Gasteiger partial charge in [0, 0.05) is 19.3 Å². The lowest BCUT2D eigenvalue weighted by Gasteiger charge is -2.23. The van der Waals surface area contributed by atoms with Crippen LogP contribution in [0.2, 0.25) is 0 Å². The first-order valence-electron chi connectivity index (χ1n) is 7.12. The van der Waals surface area contributed by atoms with E-state index in [9.17, 15) is 9.59 Å². The second-order valence-corrected chi connectivity index (χ2v) is 7.10. The van der Waals surface area contributed by atoms with Gasteiger partial charge in [0.05, 0.1) is 0 Å². The average Bonchev–Trinajstić information content (AvgIpc) is 2.70. The molecule has 1 aliphatic heterocycles. The summed E-state index contributed by atoms with van der Waals surface area (Å²) in [6.45, 7) is 12.0. The van der Waals surface area contributed by atoms with E-state index < -0.39 is 17.3 Å². The summed E-state index contributed by atoms with van der Waals surface area (Å²) in [7, 11) is 0. The van der Waals surface area contributed by atoms with Crippen LogP contribution in [0.5, 0.6) is 0 Å². The smallest absolute Gasteiger partial charge is 0.411 e. The van der Waals surface area contributed by atoms with Crippen LogP contribution in [0.3, 0.4) is 0 Å². The number of nitrogens with one attached hydrogen (secondary N) is 1. The van der Waals surface area contributed by atoms with Crippen molar-refractivity contribution >= 4 is 12.2 Å². The number of carbonyl (C=O) groups excluding carboxylic acids is 2. The first-order chi connectivity index (χ1) is 9.46. The molecule has 0 aliphatic carbocycles. The number of alkyl carbamates (subject to hydrolysis) is 1. The van der Waals surface area contributed by atoms with E-state index in [1.54, 1.807) is 31.9 Å². The molecule has 1 fully saturated rings. The van der Waals surface area contributed by atoms with Crippen molar-refractivity contribution in [3.8, 4) is 0 Å². The standard InChI is InChI=1S/C15H26N2O4/c1-14(2,3)20-12(18)16-9-11-7-8-17(10-11)13(19)21-15(4,5)6/h9H,7-8,10H2,1-6H3,(H,16,18)/b11-9-. The quantitative estimate of drug-likeness (QED) is 0.808. The fraction of sp³-hybridized carbons (Fsp3) is 0.733. The van der Waals surface area contributed by atoms with Gasteiger partial charge in [-0.05, 0) is 53.5 Å². The third-order valence-corrected chi connectivity index (χ3v) is 2.54. The Hall–Kier alpha value is -1.72. The monoisotopic (exact) mass is 298 g/mol. The van der Waals surface area contributed by atoms with E-state index in [-0.39, 0.29) is 6.09 Å². The Morgan fingerprint density at radius 1 is 1.10 bits per heavy atom. The molecule has 1 rings (SSSR count). The van der Waals surface area contributed by atoms with Crippen LogP contribution in [0.25, 0.3) is 0 Å². The lowest BCUT2D eigenvalue weighted by molar-refractivity contribution is 0.0299. The number of hydrogen-bond acceptors (Lipinski definition) is 4. The number of likely N-dealkylation sites (tertiary alicyclic amines) is 1. The highest BCUT2D eigenvalue weighted by molar-refractivity contribution is 5.70. The van der Waals surface area contributed by atoms with Crippen molar-refractivity contribution < 1.29 is 19.1 Å². The van der Waals surface area contributed by atoms with Crippen LogP contribution in [0.15, 0.2) is 11.8 Å². The molecule has 6 nitrogen and oxygen atoms in total. The molecule has 1 saturated heterocycles. The Balaban J connectivity index is 2.45. The number of ether oxygens (including phenoxy) is 2. The van der Waals surface area contributed by atoms with Crippen molar-refractivity contribution in [1.82, 2.24) is 10.2 Å². The molecule has 1 aliphatic rings. The van der Waals surface area contributed by atoms with Crippen molar-refractivity contribution in [2.45, 2.75) is 59.2 Å². The second-order valence-electron chi connectivity index (χ2n) is 7.10. The predicted molar refractivity (Wildman–Crippen MR) is 79.9 cm³/mol. The minimum absolute atomic E-state index is 0.330. The van der Waals surface area contributed by atoms with Crippen molar-refractivity contribution in [3.63, 3.8) is 0 Å². The second kappa shape index (κ2) is 6.37. The first kappa shape index (κ1) is 17.3. The fourth-order valence-electron chi connectivity index (χ4n) is 1.75. The minimum atomic E-state index is -0.527. The molecule has 0 bridgehead atoms. The molecule has 0 radical (unpaired) electrons. The van der Waals surface area contributed by atoms with E-state index in [0.717, 1.165) is 12.0 Å². The molecule has 0 aromatic rings. The van der Waals surface area contributed by atoms with Crippen molar-refractivity contribution in [2.75, 3.05) is 13.1 Å². The zero-order valence-corrected chi connectivity index (χ0v) is 13.8. The highest BCUT2D eigenvalue weighted by atomic mass is 16.6. The van der Waals surface area contributed by atoms with Gasteiger partial charge in [-0.25, -0.2) is 9.59 Å². The number of carbonyl (C=O) groups is 2. The van der Waals surface area contributed by atoms with E-state index in [2.05, 4.69) is 5.32 Å². The Morgan fingerprint density at radius 2 is 1.67 bits per heavy atom. The van der Waals surface area contributed by atoms with Gasteiger partial charge < -0.3 is 14.4 Å². The van der Waals surface area contributed by atoms with E-state index in [1.807, 2.05) is 20.8 Å². The van der Waals surface area contributed by atoms with Crippen LogP contribution in [-0.4, -0.2) is 41.4 Å². The first-order valence-corrected chi connectivity index (χ1v) is 7.12. The van der Waals surface area contributed by atoms with E-state index in [1.165, 1.54) is 0 Å². The Labute approximate surface area is 126 Å². The zero-order chi connectivity index (χ0) is 16.3. The molecule has 21 heavy (non-hydrogen) atoms. The van der Waals surface area contributed by atoms with Crippen LogP contribution in [0.1, 0.15) is 48.0 Å². The molecular weight excluding hydrogens is 272 g/mol. The third kappa shape index (κ3) is 7.02. The third-order valence-electron chi connectivity index (χ3n) is 2.54. The minimum Gasteiger partial charge on any atom is -0.444 e. The SMILES string of the molecule is CC(C)(C)OC(=O)N/C=C1/CCN(C(=O)OC(C)(C)C)C1. The predicted octanol–water partition coefficient (Wildman–Crippen LogP) is 3.04. The number of amides is 2. The van der Waals surface area contributed by atoms with Crippen molar-refractivity contribution in [3.05, 3.63) is 11.8 Å². The van der Waals surface area contributed by atoms with Crippen LogP contribution in [-0.2, 0) is 9.47 Å². The summed E-state index contributed by atoms with van der Waals surface area (Å²) in [5.74, 6) is 0. The molecule has 2 amide bonds. The molecule has 0 atom stereocenters. The summed E-state index contributed by atoms with van der Waals surface area (Å²) in [6, 6.07) is 0. The maximum absolute atomic E-state index is 11.9. The maximum Gasteiger partial charge on any atom is 0.411 e. The maximum atomic E-state index is 11.9. The lowest BCUT2D eigenvalue weighted by Crippen LogP contribution is -2.35. The zero-order valence-electron chi connectivity index (χ0n) is 13.8. The molecule has 1 N–H and O–H groups in total. The van der Waals surface area contributed by atoms with E-state index in [4.69, 9.17) is 9.47 Å². The van der Waals surface area contributed by atoms with E-state index in [0.29, 0.717) is 13.1 Å². The molecule has 1 heterocycles. The van der Waals surface area contributed by atoms with Gasteiger partial charge in [-0.2, -0.15) is 0 Å². The van der Waals surface area contributed by atoms with Gasteiger partial charge in [0.25, 0.3) is 0 Å². The van der Waals surface area contributed by atoms with E-state index >= 15 is 0 Å². The Morgan fingerprint density at radius 3 is 2.19 bits per heavy atom. The summed E-state index contributed by atoms with van der Waals surface area (Å²) >= 11 is 0. The normalized spacial score (nSPS) is 17.8. The van der Waals surface area contributed by atoms with Gasteiger partial charge in [-0.15, -0.1) is 0 Å². The number of hydrogen-bond donors (Lipinski definition) is 1. The molecule has 0 saturated carbocycles. The summed E-state index contributed by atoms with van der Waals surface area (Å²) < 4.78 is 10.4. The highest BCUT2D eigenvalue weighted by Crippen LogP contribution is 2.18. The topological polar surface area (TPSA) is 67.9 Å². The summed E-state index contributed by atoms with van der Waals surface area (Å²) in [4.78, 5) is 25.1. The molecular formula is C15H26N2O4. The number of nitrogens with zero attached hydrogens (tertiary/aromatic N) is 1. The summed E-state index contributed by atoms with van der Waals surface area (Å²) in [6.07, 6.45) is 1.50. The van der Waals surface area contributed by atoms with Crippen LogP contribution < -0.4 is 5.32 Å². The molecule has 120 valence electrons. The van der Waals surface area contributed by atoms with Gasteiger partial charge >= 0.3 is 12.2 Å². The summed E-state index contributed by atoms with van der Waals surface area (Å²) in [5, 5.41) is 2.59. The van der Waals surface area contributed by atoms with Crippen LogP contribution >= 0.6 is 0 Å². The van der Waals surface area contributed by atoms with Crippen molar-refractivity contribution in [1.29, 1.82) is 0 Å². The van der Waals surface area contributed by atoms with Crippen LogP contribution in [0, 0.1) is 0 Å². The lowest BCUT2D eigenvalue weighted by atomic mass is 10.2. The van der Waals surface area contributed by atoms with Gasteiger partial charge in [0.15, 0.2) is 0 Å². The summed E-state index contributed by atoms with van der Waals surface area (Å²) in [5.41, 5.74) is -0.0641. The van der Waals surface area contributed by atoms with Gasteiger partial charge in [0.2, 0.25) is 0 Å². The average molecular weight is 298 g/mol. The Kier molecular flexibility index (Phi) is 5.25. The molecule has 0 aromatic carbocycles. The Bertz CT molecular complexity index is 430.